The first-order chi connectivity index (χ1) is 18.3. The second-order valence-electron chi connectivity index (χ2n) is 8.42. The Balaban J connectivity index is 1.66. The first kappa shape index (κ1) is 25.3. The Kier molecular flexibility index (Phi) is 6.77. The summed E-state index contributed by atoms with van der Waals surface area (Å²) in [6.07, 6.45) is 1.70. The van der Waals surface area contributed by atoms with Gasteiger partial charge in [-0.3, -0.25) is 14.2 Å². The number of fused-ring (bicyclic) bond motifs is 2. The lowest BCUT2D eigenvalue weighted by molar-refractivity contribution is -0.139. The third kappa shape index (κ3) is 4.56. The number of thiazole rings is 1. The monoisotopic (exact) mass is 536 g/mol. The molecule has 0 aliphatic carbocycles. The van der Waals surface area contributed by atoms with Crippen molar-refractivity contribution in [3.63, 3.8) is 0 Å². The number of methoxy groups -OCH3 is 1. The molecule has 11 heteroatoms. The number of hydrogen-bond donors (Lipinski definition) is 0. The van der Waals surface area contributed by atoms with E-state index in [-0.39, 0.29) is 30.3 Å². The van der Waals surface area contributed by atoms with Gasteiger partial charge >= 0.3 is 11.9 Å². The molecule has 38 heavy (non-hydrogen) atoms. The highest BCUT2D eigenvalue weighted by molar-refractivity contribution is 7.07. The lowest BCUT2D eigenvalue weighted by Gasteiger charge is -2.24. The van der Waals surface area contributed by atoms with Gasteiger partial charge in [0.25, 0.3) is 5.56 Å². The van der Waals surface area contributed by atoms with Gasteiger partial charge in [0.1, 0.15) is 0 Å². The van der Waals surface area contributed by atoms with E-state index in [4.69, 9.17) is 23.7 Å². The number of esters is 2. The molecule has 1 atom stereocenters. The van der Waals surface area contributed by atoms with Crippen LogP contribution in [0.2, 0.25) is 0 Å². The van der Waals surface area contributed by atoms with Gasteiger partial charge in [-0.1, -0.05) is 23.5 Å². The molecule has 0 amide bonds. The fourth-order valence-electron chi connectivity index (χ4n) is 4.35. The van der Waals surface area contributed by atoms with Crippen molar-refractivity contribution in [2.45, 2.75) is 26.8 Å². The summed E-state index contributed by atoms with van der Waals surface area (Å²) in [6, 6.07) is 9.52. The molecule has 0 bridgehead atoms. The minimum Gasteiger partial charge on any atom is -0.493 e. The molecular formula is C27H24N2O8S. The number of nitrogens with zero attached hydrogens (tertiary/aromatic N) is 2. The van der Waals surface area contributed by atoms with E-state index in [1.165, 1.54) is 29.9 Å². The predicted octanol–water partition coefficient (Wildman–Crippen LogP) is 2.46. The molecule has 2 aliphatic rings. The van der Waals surface area contributed by atoms with E-state index in [9.17, 15) is 14.4 Å². The smallest absolute Gasteiger partial charge is 0.338 e. The number of carbonyl (C=O) groups excluding carboxylic acids is 2. The maximum absolute atomic E-state index is 13.8. The van der Waals surface area contributed by atoms with Crippen molar-refractivity contribution >= 4 is 29.4 Å². The molecular weight excluding hydrogens is 512 g/mol. The summed E-state index contributed by atoms with van der Waals surface area (Å²) in [5.41, 5.74) is 1.73. The topological polar surface area (TPSA) is 115 Å². The van der Waals surface area contributed by atoms with E-state index in [1.807, 2.05) is 0 Å². The van der Waals surface area contributed by atoms with Crippen molar-refractivity contribution in [3.8, 4) is 23.0 Å². The summed E-state index contributed by atoms with van der Waals surface area (Å²) in [4.78, 5) is 43.2. The second-order valence-corrected chi connectivity index (χ2v) is 9.43. The normalized spacial score (nSPS) is 16.1. The van der Waals surface area contributed by atoms with Gasteiger partial charge in [-0.2, -0.15) is 0 Å². The van der Waals surface area contributed by atoms with Gasteiger partial charge < -0.3 is 23.7 Å². The van der Waals surface area contributed by atoms with Gasteiger partial charge in [-0.25, -0.2) is 9.79 Å². The van der Waals surface area contributed by atoms with E-state index in [0.717, 1.165) is 0 Å². The molecule has 3 heterocycles. The third-order valence-corrected chi connectivity index (χ3v) is 6.95. The SMILES string of the molecule is CCOC(=O)C1=C(C)N=c2s/c(=C\c3ccc(OC(C)=O)c(OC)c3)c(=O)n2[C@@H]1c1ccc2c(c1)OCO2. The van der Waals surface area contributed by atoms with Crippen LogP contribution in [0.1, 0.15) is 37.9 Å². The highest BCUT2D eigenvalue weighted by atomic mass is 32.1. The first-order valence-electron chi connectivity index (χ1n) is 11.8. The summed E-state index contributed by atoms with van der Waals surface area (Å²) in [6.45, 7) is 5.03. The van der Waals surface area contributed by atoms with Crippen LogP contribution < -0.4 is 33.8 Å². The van der Waals surface area contributed by atoms with E-state index in [2.05, 4.69) is 4.99 Å². The molecule has 1 aromatic heterocycles. The molecule has 0 unspecified atom stereocenters. The Morgan fingerprint density at radius 1 is 1.16 bits per heavy atom. The largest absolute Gasteiger partial charge is 0.493 e. The number of rotatable bonds is 6. The fourth-order valence-corrected chi connectivity index (χ4v) is 5.40. The van der Waals surface area contributed by atoms with Crippen molar-refractivity contribution in [3.05, 3.63) is 78.5 Å². The van der Waals surface area contributed by atoms with Crippen LogP contribution in [0.3, 0.4) is 0 Å². The molecule has 0 N–H and O–H groups in total. The number of hydrogen-bond acceptors (Lipinski definition) is 10. The van der Waals surface area contributed by atoms with E-state index >= 15 is 0 Å². The fraction of sp³-hybridized carbons (Fsp3) is 0.259. The summed E-state index contributed by atoms with van der Waals surface area (Å²) >= 11 is 1.20. The van der Waals surface area contributed by atoms with Crippen molar-refractivity contribution in [1.29, 1.82) is 0 Å². The number of ether oxygens (including phenoxy) is 5. The van der Waals surface area contributed by atoms with Gasteiger partial charge in [-0.15, -0.1) is 0 Å². The zero-order valence-corrected chi connectivity index (χ0v) is 21.9. The Labute approximate surface area is 221 Å². The van der Waals surface area contributed by atoms with E-state index in [0.29, 0.717) is 43.4 Å². The Morgan fingerprint density at radius 3 is 2.68 bits per heavy atom. The van der Waals surface area contributed by atoms with Crippen LogP contribution in [0.25, 0.3) is 6.08 Å². The Morgan fingerprint density at radius 2 is 1.95 bits per heavy atom. The van der Waals surface area contributed by atoms with Crippen molar-refractivity contribution < 1.29 is 33.3 Å². The minimum absolute atomic E-state index is 0.0981. The summed E-state index contributed by atoms with van der Waals surface area (Å²) in [5.74, 6) is 0.724. The van der Waals surface area contributed by atoms with Gasteiger partial charge in [-0.05, 0) is 55.3 Å². The number of aromatic nitrogens is 1. The number of benzene rings is 2. The summed E-state index contributed by atoms with van der Waals surface area (Å²) < 4.78 is 28.7. The van der Waals surface area contributed by atoms with Gasteiger partial charge in [0.2, 0.25) is 6.79 Å². The molecule has 5 rings (SSSR count). The second kappa shape index (κ2) is 10.2. The maximum atomic E-state index is 13.8. The molecule has 196 valence electrons. The highest BCUT2D eigenvalue weighted by Gasteiger charge is 2.34. The zero-order valence-electron chi connectivity index (χ0n) is 21.1. The highest BCUT2D eigenvalue weighted by Crippen LogP contribution is 2.38. The van der Waals surface area contributed by atoms with Crippen molar-refractivity contribution in [2.24, 2.45) is 4.99 Å². The van der Waals surface area contributed by atoms with Gasteiger partial charge in [0, 0.05) is 6.92 Å². The minimum atomic E-state index is -0.775. The Bertz CT molecular complexity index is 1670. The zero-order chi connectivity index (χ0) is 27.0. The van der Waals surface area contributed by atoms with Crippen LogP contribution in [0.15, 0.2) is 57.5 Å². The number of carbonyl (C=O) groups is 2. The van der Waals surface area contributed by atoms with Gasteiger partial charge in [0.05, 0.1) is 35.6 Å². The molecule has 0 radical (unpaired) electrons. The average molecular weight is 537 g/mol. The first-order valence-corrected chi connectivity index (χ1v) is 12.6. The molecule has 10 nitrogen and oxygen atoms in total. The lowest BCUT2D eigenvalue weighted by Crippen LogP contribution is -2.39. The standard InChI is InChI=1S/C27H24N2O8S/c1-5-34-26(32)23-14(2)28-27-29(24(23)17-7-9-18-21(12-17)36-13-35-18)25(31)22(38-27)11-16-6-8-19(37-15(3)30)20(10-16)33-4/h6-12,24H,5,13H2,1-4H3/b22-11-/t24-/m1/s1. The van der Waals surface area contributed by atoms with Crippen molar-refractivity contribution in [2.75, 3.05) is 20.5 Å². The van der Waals surface area contributed by atoms with Gasteiger partial charge in [0.15, 0.2) is 27.8 Å². The average Bonchev–Trinajstić information content (AvgIpc) is 3.47. The maximum Gasteiger partial charge on any atom is 0.338 e. The van der Waals surface area contributed by atoms with Crippen LogP contribution in [0, 0.1) is 0 Å². The molecule has 0 saturated carbocycles. The molecule has 2 aliphatic heterocycles. The van der Waals surface area contributed by atoms with Crippen LogP contribution >= 0.6 is 11.3 Å². The van der Waals surface area contributed by atoms with E-state index < -0.39 is 18.0 Å². The molecule has 3 aromatic rings. The summed E-state index contributed by atoms with van der Waals surface area (Å²) in [7, 11) is 1.46. The van der Waals surface area contributed by atoms with Crippen LogP contribution in [0.4, 0.5) is 0 Å². The third-order valence-electron chi connectivity index (χ3n) is 5.97. The number of allylic oxidation sites excluding steroid dienone is 1. The Hall–Kier alpha value is -4.38. The van der Waals surface area contributed by atoms with Crippen LogP contribution in [0.5, 0.6) is 23.0 Å². The molecule has 2 aromatic carbocycles. The molecule has 0 saturated heterocycles. The van der Waals surface area contributed by atoms with Crippen LogP contribution in [-0.4, -0.2) is 37.0 Å². The molecule has 0 fully saturated rings. The quantitative estimate of drug-likeness (QED) is 0.349. The van der Waals surface area contributed by atoms with Crippen LogP contribution in [-0.2, 0) is 14.3 Å². The van der Waals surface area contributed by atoms with E-state index in [1.54, 1.807) is 56.3 Å². The lowest BCUT2D eigenvalue weighted by atomic mass is 9.95. The predicted molar refractivity (Wildman–Crippen MR) is 137 cm³/mol. The molecule has 0 spiro atoms. The summed E-state index contributed by atoms with van der Waals surface area (Å²) in [5, 5.41) is 0. The van der Waals surface area contributed by atoms with Crippen molar-refractivity contribution in [1.82, 2.24) is 4.57 Å².